The lowest BCUT2D eigenvalue weighted by atomic mass is 10.1. The summed E-state index contributed by atoms with van der Waals surface area (Å²) in [6, 6.07) is 5.13. The molecule has 0 aromatic heterocycles. The zero-order valence-corrected chi connectivity index (χ0v) is 17.9. The maximum atomic E-state index is 11.5. The lowest BCUT2D eigenvalue weighted by Gasteiger charge is -2.25. The number of hydrogen-bond donors (Lipinski definition) is 2. The number of hydrogen-bond acceptors (Lipinski definition) is 6. The molecule has 0 bridgehead atoms. The number of carboxylic acid groups (broad SMARTS) is 1. The molecule has 1 aromatic rings. The van der Waals surface area contributed by atoms with Crippen molar-refractivity contribution in [2.75, 3.05) is 19.8 Å². The predicted molar refractivity (Wildman–Crippen MR) is 113 cm³/mol. The highest BCUT2D eigenvalue weighted by Crippen LogP contribution is 2.28. The van der Waals surface area contributed by atoms with Gasteiger partial charge in [0.25, 0.3) is 0 Å². The Morgan fingerprint density at radius 3 is 2.59 bits per heavy atom. The number of carboxylic acids is 1. The van der Waals surface area contributed by atoms with Crippen molar-refractivity contribution in [1.82, 2.24) is 10.2 Å². The van der Waals surface area contributed by atoms with Crippen LogP contribution >= 0.6 is 11.8 Å². The van der Waals surface area contributed by atoms with Crippen LogP contribution in [0.15, 0.2) is 23.1 Å². The molecule has 0 aliphatic heterocycles. The number of carbonyl (C=O) groups is 4. The largest absolute Gasteiger partial charge is 0.481 e. The summed E-state index contributed by atoms with van der Waals surface area (Å²) < 4.78 is 0. The third-order valence-corrected chi connectivity index (χ3v) is 5.85. The van der Waals surface area contributed by atoms with E-state index in [0.29, 0.717) is 24.9 Å². The van der Waals surface area contributed by atoms with Gasteiger partial charge in [0, 0.05) is 36.9 Å². The summed E-state index contributed by atoms with van der Waals surface area (Å²) in [4.78, 5) is 47.9. The van der Waals surface area contributed by atoms with Crippen LogP contribution in [0, 0.1) is 0 Å². The molecule has 0 radical (unpaired) electrons. The number of unbranched alkanes of at least 4 members (excludes halogenated alkanes) is 2. The smallest absolute Gasteiger partial charge is 0.303 e. The van der Waals surface area contributed by atoms with Crippen molar-refractivity contribution in [2.45, 2.75) is 56.0 Å². The number of carbonyl (C=O) groups excluding carboxylic acids is 3. The summed E-state index contributed by atoms with van der Waals surface area (Å²) >= 11 is 1.63. The number of nitrogens with one attached hydrogen (secondary N) is 1. The second-order valence-corrected chi connectivity index (χ2v) is 7.96. The molecule has 1 aromatic carbocycles. The van der Waals surface area contributed by atoms with Crippen LogP contribution in [0.5, 0.6) is 0 Å². The van der Waals surface area contributed by atoms with Gasteiger partial charge in [-0.25, -0.2) is 0 Å². The average molecular weight is 423 g/mol. The van der Waals surface area contributed by atoms with Gasteiger partial charge in [-0.1, -0.05) is 18.6 Å². The SMILES string of the molecule is CNC(=O)CCC(C=O)N(C)Cc1c(C=O)cccc1SCCCCCC(=O)O. The quantitative estimate of drug-likeness (QED) is 0.254. The number of amides is 1. The van der Waals surface area contributed by atoms with Crippen LogP contribution in [0.4, 0.5) is 0 Å². The Morgan fingerprint density at radius 2 is 1.97 bits per heavy atom. The van der Waals surface area contributed by atoms with Crippen LogP contribution in [-0.2, 0) is 20.9 Å². The Bertz CT molecular complexity index is 696. The molecule has 29 heavy (non-hydrogen) atoms. The van der Waals surface area contributed by atoms with Crippen LogP contribution < -0.4 is 5.32 Å². The number of nitrogens with zero attached hydrogens (tertiary/aromatic N) is 1. The van der Waals surface area contributed by atoms with E-state index in [0.717, 1.165) is 41.6 Å². The van der Waals surface area contributed by atoms with Crippen LogP contribution in [0.25, 0.3) is 0 Å². The second-order valence-electron chi connectivity index (χ2n) is 6.83. The number of benzene rings is 1. The number of thioether (sulfide) groups is 1. The number of rotatable bonds is 15. The van der Waals surface area contributed by atoms with Gasteiger partial charge < -0.3 is 15.2 Å². The molecule has 0 saturated carbocycles. The topological polar surface area (TPSA) is 104 Å². The molecule has 0 aliphatic rings. The first-order valence-electron chi connectivity index (χ1n) is 9.70. The molecule has 1 amide bonds. The van der Waals surface area contributed by atoms with E-state index in [1.807, 2.05) is 24.1 Å². The molecule has 0 heterocycles. The Labute approximate surface area is 176 Å². The van der Waals surface area contributed by atoms with Crippen LogP contribution in [0.2, 0.25) is 0 Å². The van der Waals surface area contributed by atoms with Gasteiger partial charge in [0.1, 0.15) is 12.6 Å². The molecule has 0 spiro atoms. The normalized spacial score (nSPS) is 11.8. The predicted octanol–water partition coefficient (Wildman–Crippen LogP) is 2.76. The molecular formula is C21H30N2O5S. The minimum atomic E-state index is -0.775. The first-order valence-corrected chi connectivity index (χ1v) is 10.7. The standard InChI is InChI=1S/C21H30N2O5S/c1-22-20(26)11-10-17(15-25)23(2)13-18-16(14-24)7-6-8-19(18)29-12-5-3-4-9-21(27)28/h6-8,14-15,17H,3-5,9-13H2,1-2H3,(H,22,26)(H,27,28). The van der Waals surface area contributed by atoms with Gasteiger partial charge in [-0.05, 0) is 43.7 Å². The van der Waals surface area contributed by atoms with E-state index in [2.05, 4.69) is 5.32 Å². The highest BCUT2D eigenvalue weighted by atomic mass is 32.2. The molecule has 1 rings (SSSR count). The minimum absolute atomic E-state index is 0.113. The van der Waals surface area contributed by atoms with Crippen molar-refractivity contribution in [2.24, 2.45) is 0 Å². The van der Waals surface area contributed by atoms with Gasteiger partial charge in [0.05, 0.1) is 6.04 Å². The van der Waals surface area contributed by atoms with Crippen LogP contribution in [0.1, 0.15) is 54.4 Å². The fraction of sp³-hybridized carbons (Fsp3) is 0.524. The summed E-state index contributed by atoms with van der Waals surface area (Å²) in [7, 11) is 3.37. The van der Waals surface area contributed by atoms with E-state index < -0.39 is 12.0 Å². The lowest BCUT2D eigenvalue weighted by Crippen LogP contribution is -2.34. The van der Waals surface area contributed by atoms with Crippen molar-refractivity contribution in [3.8, 4) is 0 Å². The summed E-state index contributed by atoms with van der Waals surface area (Å²) in [5.74, 6) is -0.0626. The van der Waals surface area contributed by atoms with Crippen molar-refractivity contribution in [3.05, 3.63) is 29.3 Å². The summed E-state index contributed by atoms with van der Waals surface area (Å²) in [6.45, 7) is 0.424. The summed E-state index contributed by atoms with van der Waals surface area (Å²) in [5.41, 5.74) is 1.45. The van der Waals surface area contributed by atoms with E-state index in [9.17, 15) is 19.2 Å². The van der Waals surface area contributed by atoms with E-state index in [4.69, 9.17) is 5.11 Å². The van der Waals surface area contributed by atoms with Crippen molar-refractivity contribution in [3.63, 3.8) is 0 Å². The molecule has 0 fully saturated rings. The number of likely N-dealkylation sites (N-methyl/N-ethyl adjacent to an activating group) is 1. The summed E-state index contributed by atoms with van der Waals surface area (Å²) in [6.07, 6.45) is 4.90. The Balaban J connectivity index is 2.74. The zero-order chi connectivity index (χ0) is 21.6. The van der Waals surface area contributed by atoms with Crippen molar-refractivity contribution >= 4 is 36.2 Å². The third-order valence-electron chi connectivity index (χ3n) is 4.67. The van der Waals surface area contributed by atoms with Gasteiger partial charge in [0.2, 0.25) is 5.91 Å². The zero-order valence-electron chi connectivity index (χ0n) is 17.1. The van der Waals surface area contributed by atoms with Crippen molar-refractivity contribution < 1.29 is 24.3 Å². The highest BCUT2D eigenvalue weighted by Gasteiger charge is 2.18. The van der Waals surface area contributed by atoms with Gasteiger partial charge in [0.15, 0.2) is 0 Å². The molecule has 1 atom stereocenters. The average Bonchev–Trinajstić information content (AvgIpc) is 2.71. The van der Waals surface area contributed by atoms with E-state index >= 15 is 0 Å². The minimum Gasteiger partial charge on any atom is -0.481 e. The highest BCUT2D eigenvalue weighted by molar-refractivity contribution is 7.99. The number of aldehydes is 2. The van der Waals surface area contributed by atoms with E-state index in [1.54, 1.807) is 24.9 Å². The first kappa shape index (κ1) is 24.8. The molecule has 7 nitrogen and oxygen atoms in total. The molecular weight excluding hydrogens is 392 g/mol. The van der Waals surface area contributed by atoms with E-state index in [-0.39, 0.29) is 18.7 Å². The molecule has 2 N–H and O–H groups in total. The van der Waals surface area contributed by atoms with Gasteiger partial charge in [-0.15, -0.1) is 11.8 Å². The van der Waals surface area contributed by atoms with Crippen molar-refractivity contribution in [1.29, 1.82) is 0 Å². The number of aliphatic carboxylic acids is 1. The Morgan fingerprint density at radius 1 is 1.21 bits per heavy atom. The van der Waals surface area contributed by atoms with Gasteiger partial charge >= 0.3 is 5.97 Å². The third kappa shape index (κ3) is 9.23. The van der Waals surface area contributed by atoms with Crippen LogP contribution in [-0.4, -0.2) is 60.3 Å². The maximum absolute atomic E-state index is 11.5. The first-order chi connectivity index (χ1) is 13.9. The monoisotopic (exact) mass is 422 g/mol. The Kier molecular flexibility index (Phi) is 11.9. The second kappa shape index (κ2) is 13.9. The fourth-order valence-electron chi connectivity index (χ4n) is 2.90. The molecule has 1 unspecified atom stereocenters. The fourth-order valence-corrected chi connectivity index (χ4v) is 4.00. The summed E-state index contributed by atoms with van der Waals surface area (Å²) in [5, 5.41) is 11.2. The van der Waals surface area contributed by atoms with Crippen LogP contribution in [0.3, 0.4) is 0 Å². The molecule has 0 aliphatic carbocycles. The lowest BCUT2D eigenvalue weighted by molar-refractivity contribution is -0.137. The van der Waals surface area contributed by atoms with Gasteiger partial charge in [-0.2, -0.15) is 0 Å². The van der Waals surface area contributed by atoms with Gasteiger partial charge in [-0.3, -0.25) is 19.3 Å². The molecule has 160 valence electrons. The Hall–Kier alpha value is -2.19. The molecule has 8 heteroatoms. The van der Waals surface area contributed by atoms with E-state index in [1.165, 1.54) is 0 Å². The molecule has 0 saturated heterocycles. The maximum Gasteiger partial charge on any atom is 0.303 e.